The quantitative estimate of drug-likeness (QED) is 0.313. The van der Waals surface area contributed by atoms with Crippen LogP contribution in [-0.4, -0.2) is 45.8 Å². The Bertz CT molecular complexity index is 1520. The smallest absolute Gasteiger partial charge is 0.247 e. The third-order valence-electron chi connectivity index (χ3n) is 7.93. The highest BCUT2D eigenvalue weighted by atomic mass is 35.5. The molecule has 1 saturated heterocycles. The molecule has 1 aromatic heterocycles. The van der Waals surface area contributed by atoms with Crippen molar-refractivity contribution >= 4 is 45.6 Å². The van der Waals surface area contributed by atoms with Crippen molar-refractivity contribution in [2.75, 3.05) is 28.6 Å². The maximum Gasteiger partial charge on any atom is 0.247 e. The van der Waals surface area contributed by atoms with Crippen LogP contribution < -0.4 is 15.5 Å². The van der Waals surface area contributed by atoms with Crippen molar-refractivity contribution in [1.82, 2.24) is 9.55 Å². The van der Waals surface area contributed by atoms with Crippen molar-refractivity contribution in [3.63, 3.8) is 0 Å². The van der Waals surface area contributed by atoms with Gasteiger partial charge in [-0.15, -0.1) is 0 Å². The fourth-order valence-corrected chi connectivity index (χ4v) is 5.79. The maximum atomic E-state index is 13.7. The normalized spacial score (nSPS) is 19.6. The number of nitrogens with zero attached hydrogens (tertiary/aromatic N) is 3. The molecule has 4 aromatic rings. The van der Waals surface area contributed by atoms with E-state index in [2.05, 4.69) is 44.4 Å². The van der Waals surface area contributed by atoms with E-state index in [1.807, 2.05) is 36.4 Å². The van der Waals surface area contributed by atoms with Gasteiger partial charge in [0.15, 0.2) is 0 Å². The van der Waals surface area contributed by atoms with Crippen molar-refractivity contribution in [2.24, 2.45) is 0 Å². The summed E-state index contributed by atoms with van der Waals surface area (Å²) in [7, 11) is 0. The lowest BCUT2D eigenvalue weighted by Crippen LogP contribution is -2.35. The Balaban J connectivity index is 1.36. The lowest BCUT2D eigenvalue weighted by atomic mass is 10.0. The van der Waals surface area contributed by atoms with Crippen molar-refractivity contribution < 1.29 is 9.90 Å². The molecule has 8 heteroatoms. The number of nitrogens with one attached hydrogen (secondary N) is 2. The fraction of sp³-hybridized carbons (Fsp3) is 0.333. The molecule has 7 nitrogen and oxygen atoms in total. The van der Waals surface area contributed by atoms with Gasteiger partial charge in [-0.2, -0.15) is 0 Å². The highest BCUT2D eigenvalue weighted by molar-refractivity contribution is 6.30. The van der Waals surface area contributed by atoms with Crippen LogP contribution in [0.3, 0.4) is 0 Å². The number of carbonyl (C=O) groups excluding carboxylic acids is 1. The first-order valence-electron chi connectivity index (χ1n) is 13.4. The minimum Gasteiger partial charge on any atom is -0.393 e. The Morgan fingerprint density at radius 2 is 1.79 bits per heavy atom. The molecule has 1 aliphatic carbocycles. The molecule has 194 valence electrons. The van der Waals surface area contributed by atoms with E-state index in [4.69, 9.17) is 16.6 Å². The number of fused-ring (bicyclic) bond motifs is 5. The number of aliphatic hydroxyl groups excluding tert-OH is 1. The van der Waals surface area contributed by atoms with Gasteiger partial charge < -0.3 is 25.2 Å². The summed E-state index contributed by atoms with van der Waals surface area (Å²) in [5, 5.41) is 17.4. The zero-order chi connectivity index (χ0) is 25.8. The number of carbonyl (C=O) groups is 1. The largest absolute Gasteiger partial charge is 0.393 e. The molecule has 1 atom stereocenters. The zero-order valence-corrected chi connectivity index (χ0v) is 21.8. The summed E-state index contributed by atoms with van der Waals surface area (Å²) in [4.78, 5) is 21.2. The van der Waals surface area contributed by atoms with E-state index < -0.39 is 6.04 Å². The van der Waals surface area contributed by atoms with Crippen molar-refractivity contribution in [3.05, 3.63) is 71.2 Å². The number of rotatable bonds is 5. The average molecular weight is 528 g/mol. The first-order valence-corrected chi connectivity index (χ1v) is 13.8. The summed E-state index contributed by atoms with van der Waals surface area (Å²) in [5.41, 5.74) is 6.67. The summed E-state index contributed by atoms with van der Waals surface area (Å²) in [6, 6.07) is 20.2. The predicted octanol–water partition coefficient (Wildman–Crippen LogP) is 5.63. The van der Waals surface area contributed by atoms with E-state index in [1.54, 1.807) is 0 Å². The Hall–Kier alpha value is -3.55. The number of aromatic nitrogens is 2. The molecule has 1 unspecified atom stereocenters. The van der Waals surface area contributed by atoms with E-state index >= 15 is 0 Å². The number of hydrogen-bond acceptors (Lipinski definition) is 5. The third-order valence-corrected chi connectivity index (χ3v) is 8.18. The van der Waals surface area contributed by atoms with Gasteiger partial charge in [0.2, 0.25) is 5.91 Å². The minimum atomic E-state index is -0.473. The maximum absolute atomic E-state index is 13.7. The number of imidazole rings is 1. The summed E-state index contributed by atoms with van der Waals surface area (Å²) >= 11 is 6.14. The molecule has 3 N–H and O–H groups in total. The fourth-order valence-electron chi connectivity index (χ4n) is 5.67. The second kappa shape index (κ2) is 9.33. The van der Waals surface area contributed by atoms with Crippen LogP contribution in [0.4, 0.5) is 17.1 Å². The Morgan fingerprint density at radius 1 is 1.00 bits per heavy atom. The van der Waals surface area contributed by atoms with Crippen LogP contribution in [0.1, 0.15) is 37.3 Å². The van der Waals surface area contributed by atoms with Crippen LogP contribution in [0.2, 0.25) is 5.02 Å². The highest BCUT2D eigenvalue weighted by Gasteiger charge is 2.32. The van der Waals surface area contributed by atoms with Gasteiger partial charge >= 0.3 is 0 Å². The van der Waals surface area contributed by atoms with E-state index in [9.17, 15) is 9.90 Å². The molecule has 3 heterocycles. The van der Waals surface area contributed by atoms with Crippen molar-refractivity contribution in [2.45, 2.75) is 50.3 Å². The van der Waals surface area contributed by atoms with Gasteiger partial charge in [0.1, 0.15) is 11.9 Å². The first-order chi connectivity index (χ1) is 18.5. The monoisotopic (exact) mass is 527 g/mol. The van der Waals surface area contributed by atoms with E-state index in [-0.39, 0.29) is 12.0 Å². The number of aliphatic hydroxyl groups is 1. The summed E-state index contributed by atoms with van der Waals surface area (Å²) in [5.74, 6) is 0.731. The zero-order valence-electron chi connectivity index (χ0n) is 21.0. The highest BCUT2D eigenvalue weighted by Crippen LogP contribution is 2.40. The third kappa shape index (κ3) is 4.40. The second-order valence-electron chi connectivity index (χ2n) is 10.7. The van der Waals surface area contributed by atoms with Crippen LogP contribution in [0.25, 0.3) is 22.4 Å². The van der Waals surface area contributed by atoms with E-state index in [0.717, 1.165) is 71.0 Å². The number of amides is 1. The number of halogens is 1. The van der Waals surface area contributed by atoms with Gasteiger partial charge in [0.25, 0.3) is 0 Å². The topological polar surface area (TPSA) is 82.4 Å². The van der Waals surface area contributed by atoms with Crippen molar-refractivity contribution in [1.29, 1.82) is 0 Å². The number of piperidine rings is 1. The Kier molecular flexibility index (Phi) is 5.78. The molecule has 38 heavy (non-hydrogen) atoms. The second-order valence-corrected chi connectivity index (χ2v) is 11.1. The van der Waals surface area contributed by atoms with Crippen LogP contribution in [0, 0.1) is 0 Å². The molecule has 3 aromatic carbocycles. The molecule has 3 aliphatic rings. The average Bonchev–Trinajstić information content (AvgIpc) is 3.68. The van der Waals surface area contributed by atoms with Gasteiger partial charge in [-0.25, -0.2) is 4.98 Å². The molecule has 1 amide bonds. The summed E-state index contributed by atoms with van der Waals surface area (Å²) in [6.45, 7) is 1.64. The van der Waals surface area contributed by atoms with E-state index in [0.29, 0.717) is 17.5 Å². The summed E-state index contributed by atoms with van der Waals surface area (Å²) < 4.78 is 2.11. The van der Waals surface area contributed by atoms with E-state index in [1.165, 1.54) is 12.8 Å². The van der Waals surface area contributed by atoms with Gasteiger partial charge in [-0.05, 0) is 79.8 Å². The molecular formula is C30H30ClN5O2. The molecule has 0 radical (unpaired) electrons. The Labute approximate surface area is 226 Å². The van der Waals surface area contributed by atoms with Gasteiger partial charge in [-0.1, -0.05) is 23.7 Å². The summed E-state index contributed by atoms with van der Waals surface area (Å²) in [6.07, 6.45) is 4.21. The molecule has 0 bridgehead atoms. The molecule has 2 aliphatic heterocycles. The predicted molar refractivity (Wildman–Crippen MR) is 152 cm³/mol. The number of benzene rings is 3. The van der Waals surface area contributed by atoms with Gasteiger partial charge in [-0.3, -0.25) is 4.79 Å². The minimum absolute atomic E-state index is 0.0590. The van der Waals surface area contributed by atoms with Crippen LogP contribution in [0.5, 0.6) is 0 Å². The van der Waals surface area contributed by atoms with Crippen LogP contribution in [0.15, 0.2) is 60.7 Å². The number of anilines is 3. The SMILES string of the molecule is O=C1Nc2ccc(NC3CC3)cc2-c2nc3cc(N4CCC(O)CC4)ccc3n2C1Cc1ccc(Cl)cc1. The molecular weight excluding hydrogens is 498 g/mol. The first kappa shape index (κ1) is 23.6. The molecule has 2 fully saturated rings. The standard InChI is InChI=1S/C30H30ClN5O2/c31-19-3-1-18(2-4-19)15-28-30(38)34-25-9-7-21(32-20-5-6-20)16-24(25)29-33-26-17-22(8-10-27(26)36(28)29)35-13-11-23(37)12-14-35/h1-4,7-10,16-17,20,23,28,32,37H,5-6,11-15H2,(H,34,38). The molecule has 0 spiro atoms. The lowest BCUT2D eigenvalue weighted by Gasteiger charge is -2.31. The van der Waals surface area contributed by atoms with Gasteiger partial charge in [0, 0.05) is 47.5 Å². The van der Waals surface area contributed by atoms with Crippen LogP contribution in [-0.2, 0) is 11.2 Å². The van der Waals surface area contributed by atoms with Crippen molar-refractivity contribution in [3.8, 4) is 11.4 Å². The molecule has 7 rings (SSSR count). The lowest BCUT2D eigenvalue weighted by molar-refractivity contribution is -0.119. The Morgan fingerprint density at radius 3 is 2.55 bits per heavy atom. The van der Waals surface area contributed by atoms with Gasteiger partial charge in [0.05, 0.1) is 22.8 Å². The number of hydrogen-bond donors (Lipinski definition) is 3. The molecule has 1 saturated carbocycles. The van der Waals surface area contributed by atoms with Crippen LogP contribution >= 0.6 is 11.6 Å².